The number of para-hydroxylation sites is 1. The molecule has 2 aromatic heterocycles. The van der Waals surface area contributed by atoms with Gasteiger partial charge in [-0.1, -0.05) is 30.0 Å². The number of hydrogen-bond acceptors (Lipinski definition) is 6. The molecule has 1 atom stereocenters. The Morgan fingerprint density at radius 2 is 1.96 bits per heavy atom. The lowest BCUT2D eigenvalue weighted by molar-refractivity contribution is -0.119. The zero-order valence-electron chi connectivity index (χ0n) is 14.1. The van der Waals surface area contributed by atoms with Gasteiger partial charge in [-0.2, -0.15) is 0 Å². The molecule has 0 bridgehead atoms. The van der Waals surface area contributed by atoms with Crippen molar-refractivity contribution in [2.45, 2.75) is 17.3 Å². The molecule has 0 saturated heterocycles. The van der Waals surface area contributed by atoms with E-state index in [0.717, 1.165) is 11.8 Å². The number of carbonyl (C=O) groups is 2. The van der Waals surface area contributed by atoms with E-state index in [1.165, 1.54) is 23.0 Å². The average Bonchev–Trinajstić information content (AvgIpc) is 3.11. The number of aromatic nitrogens is 2. The van der Waals surface area contributed by atoms with Crippen LogP contribution in [-0.2, 0) is 4.79 Å². The Kier molecular flexibility index (Phi) is 5.38. The number of nitrogens with zero attached hydrogens (tertiary/aromatic N) is 2. The van der Waals surface area contributed by atoms with Gasteiger partial charge >= 0.3 is 6.03 Å². The van der Waals surface area contributed by atoms with Crippen molar-refractivity contribution in [3.8, 4) is 5.69 Å². The number of hydrogen-bond donors (Lipinski definition) is 2. The first-order valence-corrected chi connectivity index (χ1v) is 9.52. The maximum Gasteiger partial charge on any atom is 0.321 e. The van der Waals surface area contributed by atoms with Crippen molar-refractivity contribution in [1.29, 1.82) is 0 Å². The number of thioether (sulfide) groups is 1. The molecule has 134 valence electrons. The smallest absolute Gasteiger partial charge is 0.321 e. The summed E-state index contributed by atoms with van der Waals surface area (Å²) in [4.78, 5) is 41.0. The van der Waals surface area contributed by atoms with Crippen molar-refractivity contribution >= 4 is 45.3 Å². The van der Waals surface area contributed by atoms with E-state index in [1.54, 1.807) is 13.0 Å². The van der Waals surface area contributed by atoms with E-state index in [2.05, 4.69) is 15.6 Å². The van der Waals surface area contributed by atoms with Crippen LogP contribution >= 0.6 is 23.1 Å². The molecule has 0 aliphatic carbocycles. The van der Waals surface area contributed by atoms with E-state index in [4.69, 9.17) is 0 Å². The maximum absolute atomic E-state index is 12.9. The summed E-state index contributed by atoms with van der Waals surface area (Å²) in [6.07, 6.45) is 0. The highest BCUT2D eigenvalue weighted by Crippen LogP contribution is 2.26. The number of carbonyl (C=O) groups excluding carboxylic acids is 2. The predicted molar refractivity (Wildman–Crippen MR) is 103 cm³/mol. The SMILES string of the molecule is CNC(=O)NC(=O)[C@@H](C)Sc1nc2ccsc2c(=O)n1-c1ccccc1. The molecule has 0 fully saturated rings. The number of urea groups is 1. The first-order valence-electron chi connectivity index (χ1n) is 7.76. The molecule has 7 nitrogen and oxygen atoms in total. The Labute approximate surface area is 157 Å². The Balaban J connectivity index is 2.03. The molecule has 3 amide bonds. The molecule has 0 aliphatic heterocycles. The topological polar surface area (TPSA) is 93.1 Å². The van der Waals surface area contributed by atoms with E-state index in [-0.39, 0.29) is 5.56 Å². The molecule has 2 N–H and O–H groups in total. The zero-order chi connectivity index (χ0) is 18.7. The summed E-state index contributed by atoms with van der Waals surface area (Å²) < 4.78 is 2.05. The lowest BCUT2D eigenvalue weighted by Gasteiger charge is -2.15. The van der Waals surface area contributed by atoms with Crippen LogP contribution in [0, 0.1) is 0 Å². The van der Waals surface area contributed by atoms with Gasteiger partial charge in [-0.25, -0.2) is 9.78 Å². The van der Waals surface area contributed by atoms with Crippen LogP contribution in [0.5, 0.6) is 0 Å². The van der Waals surface area contributed by atoms with Crippen LogP contribution in [-0.4, -0.2) is 33.8 Å². The number of benzene rings is 1. The molecule has 0 aliphatic rings. The molecule has 0 unspecified atom stereocenters. The van der Waals surface area contributed by atoms with Gasteiger partial charge in [-0.05, 0) is 30.5 Å². The minimum absolute atomic E-state index is 0.183. The van der Waals surface area contributed by atoms with Crippen LogP contribution in [0.2, 0.25) is 0 Å². The third-order valence-electron chi connectivity index (χ3n) is 3.58. The second-order valence-corrected chi connectivity index (χ2v) is 7.56. The van der Waals surface area contributed by atoms with E-state index in [0.29, 0.717) is 21.1 Å². The lowest BCUT2D eigenvalue weighted by atomic mass is 10.3. The average molecular weight is 388 g/mol. The zero-order valence-corrected chi connectivity index (χ0v) is 15.7. The number of fused-ring (bicyclic) bond motifs is 1. The van der Waals surface area contributed by atoms with Gasteiger partial charge in [0.2, 0.25) is 5.91 Å². The minimum Gasteiger partial charge on any atom is -0.341 e. The summed E-state index contributed by atoms with van der Waals surface area (Å²) in [6.45, 7) is 1.66. The van der Waals surface area contributed by atoms with Crippen LogP contribution < -0.4 is 16.2 Å². The summed E-state index contributed by atoms with van der Waals surface area (Å²) >= 11 is 2.45. The van der Waals surface area contributed by atoms with Gasteiger partial charge in [0, 0.05) is 7.05 Å². The molecule has 9 heteroatoms. The first-order chi connectivity index (χ1) is 12.5. The number of thiophene rings is 1. The van der Waals surface area contributed by atoms with Gasteiger partial charge in [-0.3, -0.25) is 19.5 Å². The highest BCUT2D eigenvalue weighted by molar-refractivity contribution is 8.00. The van der Waals surface area contributed by atoms with Crippen LogP contribution in [0.25, 0.3) is 15.9 Å². The van der Waals surface area contributed by atoms with Gasteiger partial charge in [0.1, 0.15) is 4.70 Å². The molecule has 0 radical (unpaired) electrons. The first kappa shape index (κ1) is 18.2. The van der Waals surface area contributed by atoms with E-state index >= 15 is 0 Å². The van der Waals surface area contributed by atoms with Crippen LogP contribution in [0.15, 0.2) is 51.7 Å². The molecular formula is C17H16N4O3S2. The third kappa shape index (κ3) is 3.63. The van der Waals surface area contributed by atoms with Crippen LogP contribution in [0.3, 0.4) is 0 Å². The predicted octanol–water partition coefficient (Wildman–Crippen LogP) is 2.38. The normalized spacial score (nSPS) is 11.9. The monoisotopic (exact) mass is 388 g/mol. The molecule has 3 rings (SSSR count). The largest absolute Gasteiger partial charge is 0.341 e. The summed E-state index contributed by atoms with van der Waals surface area (Å²) in [6, 6.07) is 10.3. The van der Waals surface area contributed by atoms with Gasteiger partial charge in [0.15, 0.2) is 5.16 Å². The lowest BCUT2D eigenvalue weighted by Crippen LogP contribution is -2.41. The number of rotatable bonds is 4. The van der Waals surface area contributed by atoms with E-state index in [1.807, 2.05) is 35.7 Å². The highest BCUT2D eigenvalue weighted by Gasteiger charge is 2.21. The third-order valence-corrected chi connectivity index (χ3v) is 5.52. The molecular weight excluding hydrogens is 372 g/mol. The Bertz CT molecular complexity index is 1010. The van der Waals surface area contributed by atoms with Crippen molar-refractivity contribution in [1.82, 2.24) is 20.2 Å². The maximum atomic E-state index is 12.9. The van der Waals surface area contributed by atoms with Crippen molar-refractivity contribution < 1.29 is 9.59 Å². The summed E-state index contributed by atoms with van der Waals surface area (Å²) in [5.41, 5.74) is 1.08. The second-order valence-electron chi connectivity index (χ2n) is 5.33. The molecule has 0 spiro atoms. The van der Waals surface area contributed by atoms with Crippen LogP contribution in [0.4, 0.5) is 4.79 Å². The van der Waals surface area contributed by atoms with Crippen molar-refractivity contribution in [3.63, 3.8) is 0 Å². The number of amides is 3. The number of nitrogens with one attached hydrogen (secondary N) is 2. The van der Waals surface area contributed by atoms with E-state index < -0.39 is 17.2 Å². The van der Waals surface area contributed by atoms with Crippen molar-refractivity contribution in [2.75, 3.05) is 7.05 Å². The van der Waals surface area contributed by atoms with Gasteiger partial charge in [-0.15, -0.1) is 11.3 Å². The fourth-order valence-corrected chi connectivity index (χ4v) is 3.95. The molecule has 1 aromatic carbocycles. The quantitative estimate of drug-likeness (QED) is 0.529. The minimum atomic E-state index is -0.620. The standard InChI is InChI=1S/C17H16N4O3S2/c1-10(14(22)20-16(24)18-2)26-17-19-12-8-9-25-13(12)15(23)21(17)11-6-4-3-5-7-11/h3-10H,1-2H3,(H2,18,20,22,24)/t10-/m1/s1. The van der Waals surface area contributed by atoms with Crippen LogP contribution in [0.1, 0.15) is 6.92 Å². The van der Waals surface area contributed by atoms with Crippen molar-refractivity contribution in [2.24, 2.45) is 0 Å². The summed E-state index contributed by atoms with van der Waals surface area (Å²) in [5, 5.41) is 6.15. The fraction of sp³-hybridized carbons (Fsp3) is 0.176. The summed E-state index contributed by atoms with van der Waals surface area (Å²) in [7, 11) is 1.43. The molecule has 2 heterocycles. The van der Waals surface area contributed by atoms with Gasteiger partial charge in [0.25, 0.3) is 5.56 Å². The fourth-order valence-electron chi connectivity index (χ4n) is 2.26. The van der Waals surface area contributed by atoms with Crippen molar-refractivity contribution in [3.05, 3.63) is 52.1 Å². The molecule has 26 heavy (non-hydrogen) atoms. The Morgan fingerprint density at radius 1 is 1.23 bits per heavy atom. The summed E-state index contributed by atoms with van der Waals surface area (Å²) in [5.74, 6) is -0.464. The number of imide groups is 1. The Morgan fingerprint density at radius 3 is 2.65 bits per heavy atom. The van der Waals surface area contributed by atoms with E-state index in [9.17, 15) is 14.4 Å². The van der Waals surface area contributed by atoms with Gasteiger partial charge < -0.3 is 5.32 Å². The molecule has 3 aromatic rings. The highest BCUT2D eigenvalue weighted by atomic mass is 32.2. The molecule has 0 saturated carbocycles. The Hall–Kier alpha value is -2.65. The second kappa shape index (κ2) is 7.71. The van der Waals surface area contributed by atoms with Gasteiger partial charge in [0.05, 0.1) is 16.5 Å².